The van der Waals surface area contributed by atoms with Crippen molar-refractivity contribution >= 4 is 5.91 Å². The van der Waals surface area contributed by atoms with Crippen LogP contribution >= 0.6 is 0 Å². The number of aromatic nitrogens is 1. The Balaban J connectivity index is 1.68. The predicted octanol–water partition coefficient (Wildman–Crippen LogP) is 2.09. The molecule has 0 aliphatic carbocycles. The van der Waals surface area contributed by atoms with Crippen molar-refractivity contribution in [2.24, 2.45) is 0 Å². The highest BCUT2D eigenvalue weighted by atomic mass is 16.5. The molecular weight excluding hydrogens is 290 g/mol. The van der Waals surface area contributed by atoms with Crippen LogP contribution in [0.15, 0.2) is 48.8 Å². The summed E-state index contributed by atoms with van der Waals surface area (Å²) in [5.74, 6) is 0.758. The van der Waals surface area contributed by atoms with E-state index < -0.39 is 0 Å². The van der Waals surface area contributed by atoms with Gasteiger partial charge in [0.2, 0.25) is 0 Å². The number of carbonyl (C=O) groups is 1. The van der Waals surface area contributed by atoms with Crippen LogP contribution in [-0.4, -0.2) is 41.5 Å². The lowest BCUT2D eigenvalue weighted by atomic mass is 10.1. The molecule has 1 aliphatic rings. The van der Waals surface area contributed by atoms with Crippen molar-refractivity contribution in [3.05, 3.63) is 59.9 Å². The fraction of sp³-hybridized carbons (Fsp3) is 0.333. The van der Waals surface area contributed by atoms with Crippen LogP contribution in [0.2, 0.25) is 0 Å². The quantitative estimate of drug-likeness (QED) is 0.939. The highest BCUT2D eigenvalue weighted by Crippen LogP contribution is 2.18. The second-order valence-electron chi connectivity index (χ2n) is 5.73. The molecule has 5 nitrogen and oxygen atoms in total. The Morgan fingerprint density at radius 1 is 1.39 bits per heavy atom. The van der Waals surface area contributed by atoms with E-state index in [0.717, 1.165) is 25.2 Å². The van der Waals surface area contributed by atoms with Crippen molar-refractivity contribution in [3.63, 3.8) is 0 Å². The van der Waals surface area contributed by atoms with E-state index in [9.17, 15) is 4.79 Å². The Bertz CT molecular complexity index is 660. The lowest BCUT2D eigenvalue weighted by Gasteiger charge is -2.34. The summed E-state index contributed by atoms with van der Waals surface area (Å²) >= 11 is 0. The van der Waals surface area contributed by atoms with Crippen LogP contribution in [-0.2, 0) is 6.61 Å². The third-order valence-electron chi connectivity index (χ3n) is 3.97. The second-order valence-corrected chi connectivity index (χ2v) is 5.73. The van der Waals surface area contributed by atoms with Crippen LogP contribution in [0.3, 0.4) is 0 Å². The first-order chi connectivity index (χ1) is 11.2. The van der Waals surface area contributed by atoms with Gasteiger partial charge in [0.1, 0.15) is 12.4 Å². The Hall–Kier alpha value is -2.40. The molecule has 0 unspecified atom stereocenters. The van der Waals surface area contributed by atoms with Crippen LogP contribution in [0.4, 0.5) is 0 Å². The van der Waals surface area contributed by atoms with Gasteiger partial charge in [-0.15, -0.1) is 0 Å². The third kappa shape index (κ3) is 3.87. The topological polar surface area (TPSA) is 54.5 Å². The molecule has 2 aromatic rings. The monoisotopic (exact) mass is 311 g/mol. The number of carbonyl (C=O) groups excluding carboxylic acids is 1. The van der Waals surface area contributed by atoms with Gasteiger partial charge in [0.15, 0.2) is 0 Å². The van der Waals surface area contributed by atoms with Gasteiger partial charge in [0, 0.05) is 49.2 Å². The van der Waals surface area contributed by atoms with Gasteiger partial charge < -0.3 is 15.0 Å². The van der Waals surface area contributed by atoms with E-state index in [1.54, 1.807) is 12.4 Å². The summed E-state index contributed by atoms with van der Waals surface area (Å²) in [6.07, 6.45) is 3.51. The van der Waals surface area contributed by atoms with Crippen molar-refractivity contribution in [1.82, 2.24) is 15.2 Å². The van der Waals surface area contributed by atoms with Crippen LogP contribution in [0.25, 0.3) is 0 Å². The van der Waals surface area contributed by atoms with Gasteiger partial charge in [-0.1, -0.05) is 12.1 Å². The van der Waals surface area contributed by atoms with Crippen LogP contribution in [0, 0.1) is 0 Å². The Kier molecular flexibility index (Phi) is 4.88. The first-order valence-corrected chi connectivity index (χ1v) is 7.87. The molecule has 1 saturated heterocycles. The van der Waals surface area contributed by atoms with Crippen molar-refractivity contribution in [3.8, 4) is 5.75 Å². The SMILES string of the molecule is C[C@H]1CNCCN1C(=O)c1cccc(OCc2cccnc2)c1. The van der Waals surface area contributed by atoms with Crippen molar-refractivity contribution in [2.75, 3.05) is 19.6 Å². The Morgan fingerprint density at radius 2 is 2.30 bits per heavy atom. The summed E-state index contributed by atoms with van der Waals surface area (Å²) in [7, 11) is 0. The second kappa shape index (κ2) is 7.24. The molecular formula is C18H21N3O2. The molecule has 120 valence electrons. The van der Waals surface area contributed by atoms with Gasteiger partial charge in [-0.3, -0.25) is 9.78 Å². The van der Waals surface area contributed by atoms with Crippen molar-refractivity contribution < 1.29 is 9.53 Å². The molecule has 2 heterocycles. The lowest BCUT2D eigenvalue weighted by molar-refractivity contribution is 0.0655. The van der Waals surface area contributed by atoms with E-state index in [1.807, 2.05) is 41.3 Å². The van der Waals surface area contributed by atoms with E-state index in [-0.39, 0.29) is 11.9 Å². The summed E-state index contributed by atoms with van der Waals surface area (Å²) in [4.78, 5) is 18.6. The fourth-order valence-corrected chi connectivity index (χ4v) is 2.68. The summed E-state index contributed by atoms with van der Waals surface area (Å²) in [5, 5.41) is 3.30. The molecule has 0 radical (unpaired) electrons. The molecule has 1 aromatic carbocycles. The first-order valence-electron chi connectivity index (χ1n) is 7.87. The van der Waals surface area contributed by atoms with Crippen LogP contribution in [0.1, 0.15) is 22.8 Å². The summed E-state index contributed by atoms with van der Waals surface area (Å²) < 4.78 is 5.77. The molecule has 1 atom stereocenters. The maximum atomic E-state index is 12.7. The number of piperazine rings is 1. The minimum absolute atomic E-state index is 0.0610. The number of nitrogens with zero attached hydrogens (tertiary/aromatic N) is 2. The molecule has 1 N–H and O–H groups in total. The van der Waals surface area contributed by atoms with E-state index in [2.05, 4.69) is 17.2 Å². The standard InChI is InChI=1S/C18H21N3O2/c1-14-11-20-8-9-21(14)18(22)16-5-2-6-17(10-16)23-13-15-4-3-7-19-12-15/h2-7,10,12,14,20H,8-9,11,13H2,1H3/t14-/m0/s1. The van der Waals surface area contributed by atoms with Gasteiger partial charge >= 0.3 is 0 Å². The maximum absolute atomic E-state index is 12.7. The molecule has 0 saturated carbocycles. The number of amides is 1. The molecule has 5 heteroatoms. The number of hydrogen-bond acceptors (Lipinski definition) is 4. The zero-order valence-corrected chi connectivity index (χ0v) is 13.2. The van der Waals surface area contributed by atoms with Crippen LogP contribution < -0.4 is 10.1 Å². The number of nitrogens with one attached hydrogen (secondary N) is 1. The fourth-order valence-electron chi connectivity index (χ4n) is 2.68. The minimum atomic E-state index is 0.0610. The van der Waals surface area contributed by atoms with E-state index in [0.29, 0.717) is 17.9 Å². The molecule has 1 fully saturated rings. The molecule has 0 bridgehead atoms. The Morgan fingerprint density at radius 3 is 3.09 bits per heavy atom. The average Bonchev–Trinajstić information content (AvgIpc) is 2.61. The summed E-state index contributed by atoms with van der Waals surface area (Å²) in [6, 6.07) is 11.4. The summed E-state index contributed by atoms with van der Waals surface area (Å²) in [6.45, 7) is 4.92. The minimum Gasteiger partial charge on any atom is -0.489 e. The molecule has 1 aromatic heterocycles. The number of pyridine rings is 1. The molecule has 23 heavy (non-hydrogen) atoms. The highest BCUT2D eigenvalue weighted by Gasteiger charge is 2.24. The third-order valence-corrected chi connectivity index (χ3v) is 3.97. The Labute approximate surface area is 136 Å². The van der Waals surface area contributed by atoms with E-state index in [1.165, 1.54) is 0 Å². The maximum Gasteiger partial charge on any atom is 0.254 e. The number of benzene rings is 1. The van der Waals surface area contributed by atoms with Gasteiger partial charge in [-0.25, -0.2) is 0 Å². The van der Waals surface area contributed by atoms with Gasteiger partial charge in [-0.05, 0) is 31.2 Å². The van der Waals surface area contributed by atoms with E-state index >= 15 is 0 Å². The van der Waals surface area contributed by atoms with Gasteiger partial charge in [-0.2, -0.15) is 0 Å². The highest BCUT2D eigenvalue weighted by molar-refractivity contribution is 5.94. The van der Waals surface area contributed by atoms with Gasteiger partial charge in [0.05, 0.1) is 0 Å². The van der Waals surface area contributed by atoms with Crippen molar-refractivity contribution in [1.29, 1.82) is 0 Å². The normalized spacial score (nSPS) is 17.8. The van der Waals surface area contributed by atoms with Crippen molar-refractivity contribution in [2.45, 2.75) is 19.6 Å². The molecule has 1 amide bonds. The number of hydrogen-bond donors (Lipinski definition) is 1. The zero-order chi connectivity index (χ0) is 16.1. The zero-order valence-electron chi connectivity index (χ0n) is 13.2. The summed E-state index contributed by atoms with van der Waals surface area (Å²) in [5.41, 5.74) is 1.67. The number of rotatable bonds is 4. The van der Waals surface area contributed by atoms with E-state index in [4.69, 9.17) is 4.74 Å². The van der Waals surface area contributed by atoms with Crippen LogP contribution in [0.5, 0.6) is 5.75 Å². The largest absolute Gasteiger partial charge is 0.489 e. The number of ether oxygens (including phenoxy) is 1. The molecule has 0 spiro atoms. The predicted molar refractivity (Wildman–Crippen MR) is 88.4 cm³/mol. The average molecular weight is 311 g/mol. The smallest absolute Gasteiger partial charge is 0.254 e. The lowest BCUT2D eigenvalue weighted by Crippen LogP contribution is -2.52. The molecule has 1 aliphatic heterocycles. The first kappa shape index (κ1) is 15.5. The molecule has 3 rings (SSSR count). The van der Waals surface area contributed by atoms with Gasteiger partial charge in [0.25, 0.3) is 5.91 Å².